The van der Waals surface area contributed by atoms with Crippen molar-refractivity contribution in [2.45, 2.75) is 32.5 Å². The maximum Gasteiger partial charge on any atom is 0.224 e. The number of halogens is 1. The topological polar surface area (TPSA) is 47.6 Å². The molecule has 1 atom stereocenters. The van der Waals surface area contributed by atoms with E-state index in [9.17, 15) is 4.79 Å². The fourth-order valence-electron chi connectivity index (χ4n) is 2.52. The van der Waals surface area contributed by atoms with Crippen molar-refractivity contribution in [3.63, 3.8) is 0 Å². The molecule has 1 aliphatic rings. The summed E-state index contributed by atoms with van der Waals surface area (Å²) in [6.45, 7) is 5.94. The van der Waals surface area contributed by atoms with Crippen LogP contribution < -0.4 is 5.32 Å². The first-order valence-electron chi connectivity index (χ1n) is 7.26. The van der Waals surface area contributed by atoms with Gasteiger partial charge in [-0.15, -0.1) is 0 Å². The molecule has 0 saturated carbocycles. The number of benzene rings is 1. The zero-order valence-corrected chi connectivity index (χ0v) is 13.3. The first-order chi connectivity index (χ1) is 9.97. The second-order valence-corrected chi connectivity index (χ2v) is 6.18. The number of nitrogens with one attached hydrogen (secondary N) is 1. The van der Waals surface area contributed by atoms with Gasteiger partial charge in [0.05, 0.1) is 19.6 Å². The highest BCUT2D eigenvalue weighted by Gasteiger charge is 2.32. The molecule has 4 nitrogen and oxygen atoms in total. The van der Waals surface area contributed by atoms with Crippen molar-refractivity contribution in [3.05, 3.63) is 34.9 Å². The Kier molecular flexibility index (Phi) is 5.62. The van der Waals surface area contributed by atoms with Crippen LogP contribution in [0.25, 0.3) is 0 Å². The summed E-state index contributed by atoms with van der Waals surface area (Å²) in [5.41, 5.74) is 0.957. The van der Waals surface area contributed by atoms with Crippen LogP contribution in [0.5, 0.6) is 0 Å². The lowest BCUT2D eigenvalue weighted by Crippen LogP contribution is -2.35. The van der Waals surface area contributed by atoms with Crippen molar-refractivity contribution in [2.75, 3.05) is 19.8 Å². The molecule has 1 fully saturated rings. The molecule has 0 spiro atoms. The lowest BCUT2D eigenvalue weighted by Gasteiger charge is -2.26. The summed E-state index contributed by atoms with van der Waals surface area (Å²) in [6.07, 6.45) is 1.14. The van der Waals surface area contributed by atoms with Gasteiger partial charge in [-0.1, -0.05) is 30.7 Å². The molecule has 1 N–H and O–H groups in total. The van der Waals surface area contributed by atoms with Crippen LogP contribution >= 0.6 is 11.6 Å². The number of amides is 1. The quantitative estimate of drug-likeness (QED) is 0.879. The standard InChI is InChI=1S/C16H22ClNO3/c1-12(10-16(2)20-7-8-21-16)11-18-15(19)9-13-3-5-14(17)6-4-13/h3-6,12H,7-11H2,1-2H3,(H,18,19)/t12-/m1/s1. The summed E-state index contributed by atoms with van der Waals surface area (Å²) in [5.74, 6) is -0.190. The highest BCUT2D eigenvalue weighted by Crippen LogP contribution is 2.26. The van der Waals surface area contributed by atoms with E-state index in [1.54, 1.807) is 12.1 Å². The minimum Gasteiger partial charge on any atom is -0.356 e. The average Bonchev–Trinajstić information content (AvgIpc) is 2.85. The molecule has 0 bridgehead atoms. The second-order valence-electron chi connectivity index (χ2n) is 5.75. The fourth-order valence-corrected chi connectivity index (χ4v) is 2.64. The van der Waals surface area contributed by atoms with E-state index in [1.165, 1.54) is 0 Å². The molecule has 21 heavy (non-hydrogen) atoms. The van der Waals surface area contributed by atoms with E-state index >= 15 is 0 Å². The number of hydrogen-bond acceptors (Lipinski definition) is 3. The molecule has 0 radical (unpaired) electrons. The summed E-state index contributed by atoms with van der Waals surface area (Å²) in [5, 5.41) is 3.63. The molecule has 0 aliphatic carbocycles. The monoisotopic (exact) mass is 311 g/mol. The van der Waals surface area contributed by atoms with Gasteiger partial charge in [0.1, 0.15) is 0 Å². The van der Waals surface area contributed by atoms with Crippen molar-refractivity contribution in [1.82, 2.24) is 5.32 Å². The molecule has 1 aromatic carbocycles. The van der Waals surface area contributed by atoms with Gasteiger partial charge in [0.25, 0.3) is 0 Å². The number of hydrogen-bond donors (Lipinski definition) is 1. The summed E-state index contributed by atoms with van der Waals surface area (Å²) in [6, 6.07) is 7.32. The molecular weight excluding hydrogens is 290 g/mol. The van der Waals surface area contributed by atoms with E-state index in [1.807, 2.05) is 19.1 Å². The Balaban J connectivity index is 1.72. The van der Waals surface area contributed by atoms with Gasteiger partial charge in [-0.3, -0.25) is 4.79 Å². The normalized spacial score (nSPS) is 18.4. The van der Waals surface area contributed by atoms with Crippen LogP contribution in [-0.4, -0.2) is 31.5 Å². The van der Waals surface area contributed by atoms with Crippen LogP contribution in [0.15, 0.2) is 24.3 Å². The van der Waals surface area contributed by atoms with E-state index in [0.29, 0.717) is 37.1 Å². The van der Waals surface area contributed by atoms with Gasteiger partial charge in [-0.05, 0) is 30.5 Å². The minimum atomic E-state index is -0.500. The Bertz CT molecular complexity index is 469. The summed E-state index contributed by atoms with van der Waals surface area (Å²) in [7, 11) is 0. The molecule has 1 saturated heterocycles. The van der Waals surface area contributed by atoms with Gasteiger partial charge >= 0.3 is 0 Å². The molecule has 2 rings (SSSR count). The van der Waals surface area contributed by atoms with Gasteiger partial charge < -0.3 is 14.8 Å². The fraction of sp³-hybridized carbons (Fsp3) is 0.562. The SMILES string of the molecule is C[C@@H](CNC(=O)Cc1ccc(Cl)cc1)CC1(C)OCCO1. The van der Waals surface area contributed by atoms with Gasteiger partial charge in [0.2, 0.25) is 5.91 Å². The zero-order valence-electron chi connectivity index (χ0n) is 12.5. The zero-order chi connectivity index (χ0) is 15.3. The number of ether oxygens (including phenoxy) is 2. The van der Waals surface area contributed by atoms with E-state index in [2.05, 4.69) is 12.2 Å². The summed E-state index contributed by atoms with van der Waals surface area (Å²) in [4.78, 5) is 11.9. The van der Waals surface area contributed by atoms with Crippen molar-refractivity contribution < 1.29 is 14.3 Å². The highest BCUT2D eigenvalue weighted by atomic mass is 35.5. The molecule has 0 unspecified atom stereocenters. The largest absolute Gasteiger partial charge is 0.356 e. The smallest absolute Gasteiger partial charge is 0.224 e. The van der Waals surface area contributed by atoms with Crippen molar-refractivity contribution in [3.8, 4) is 0 Å². The van der Waals surface area contributed by atoms with Crippen LogP contribution in [0.3, 0.4) is 0 Å². The number of carbonyl (C=O) groups excluding carboxylic acids is 1. The average molecular weight is 312 g/mol. The maximum atomic E-state index is 11.9. The van der Waals surface area contributed by atoms with Crippen molar-refractivity contribution in [2.24, 2.45) is 5.92 Å². The van der Waals surface area contributed by atoms with Gasteiger partial charge in [-0.25, -0.2) is 0 Å². The first-order valence-corrected chi connectivity index (χ1v) is 7.64. The van der Waals surface area contributed by atoms with Gasteiger partial charge in [-0.2, -0.15) is 0 Å². The molecule has 1 aromatic rings. The molecule has 1 heterocycles. The van der Waals surface area contributed by atoms with Crippen molar-refractivity contribution >= 4 is 17.5 Å². The lowest BCUT2D eigenvalue weighted by molar-refractivity contribution is -0.154. The predicted molar refractivity (Wildman–Crippen MR) is 82.3 cm³/mol. The third-order valence-electron chi connectivity index (χ3n) is 3.54. The van der Waals surface area contributed by atoms with E-state index in [0.717, 1.165) is 12.0 Å². The molecular formula is C16H22ClNO3. The van der Waals surface area contributed by atoms with E-state index in [-0.39, 0.29) is 5.91 Å². The molecule has 0 aromatic heterocycles. The minimum absolute atomic E-state index is 0.0163. The van der Waals surface area contributed by atoms with E-state index < -0.39 is 5.79 Å². The Hall–Kier alpha value is -1.10. The summed E-state index contributed by atoms with van der Waals surface area (Å²) >= 11 is 5.82. The lowest BCUT2D eigenvalue weighted by atomic mass is 10.0. The van der Waals surface area contributed by atoms with Crippen LogP contribution in [0.4, 0.5) is 0 Å². The first kappa shape index (κ1) is 16.3. The maximum absolute atomic E-state index is 11.9. The second kappa shape index (κ2) is 7.25. The Morgan fingerprint density at radius 3 is 2.57 bits per heavy atom. The predicted octanol–water partition coefficient (Wildman–Crippen LogP) is 2.79. The molecule has 5 heteroatoms. The van der Waals surface area contributed by atoms with Crippen LogP contribution in [0, 0.1) is 5.92 Å². The van der Waals surface area contributed by atoms with Gasteiger partial charge in [0.15, 0.2) is 5.79 Å². The third kappa shape index (κ3) is 5.30. The summed E-state index contributed by atoms with van der Waals surface area (Å²) < 4.78 is 11.2. The van der Waals surface area contributed by atoms with Crippen LogP contribution in [-0.2, 0) is 20.7 Å². The third-order valence-corrected chi connectivity index (χ3v) is 3.79. The number of rotatable bonds is 6. The Labute approximate surface area is 130 Å². The molecule has 1 amide bonds. The van der Waals surface area contributed by atoms with Crippen molar-refractivity contribution in [1.29, 1.82) is 0 Å². The van der Waals surface area contributed by atoms with E-state index in [4.69, 9.17) is 21.1 Å². The Morgan fingerprint density at radius 1 is 1.33 bits per heavy atom. The highest BCUT2D eigenvalue weighted by molar-refractivity contribution is 6.30. The Morgan fingerprint density at radius 2 is 1.95 bits per heavy atom. The van der Waals surface area contributed by atoms with Crippen LogP contribution in [0.2, 0.25) is 5.02 Å². The number of carbonyl (C=O) groups is 1. The molecule has 1 aliphatic heterocycles. The molecule has 116 valence electrons. The van der Waals surface area contributed by atoms with Gasteiger partial charge in [0, 0.05) is 18.0 Å². The van der Waals surface area contributed by atoms with Crippen LogP contribution in [0.1, 0.15) is 25.8 Å².